The molecular formula is C13H17N. The fourth-order valence-electron chi connectivity index (χ4n) is 3.04. The first kappa shape index (κ1) is 8.49. The van der Waals surface area contributed by atoms with Crippen LogP contribution in [-0.4, -0.2) is 17.5 Å². The van der Waals surface area contributed by atoms with E-state index < -0.39 is 0 Å². The summed E-state index contributed by atoms with van der Waals surface area (Å²) in [4.78, 5) is 2.67. The van der Waals surface area contributed by atoms with Gasteiger partial charge >= 0.3 is 0 Å². The SMILES string of the molecule is c1ccc(CN2C[C@H]3CC[C@@H]2C3)cc1. The molecule has 14 heavy (non-hydrogen) atoms. The van der Waals surface area contributed by atoms with Crippen LogP contribution < -0.4 is 0 Å². The van der Waals surface area contributed by atoms with Gasteiger partial charge < -0.3 is 0 Å². The zero-order valence-electron chi connectivity index (χ0n) is 8.52. The Morgan fingerprint density at radius 2 is 2.00 bits per heavy atom. The van der Waals surface area contributed by atoms with E-state index in [2.05, 4.69) is 35.2 Å². The van der Waals surface area contributed by atoms with Gasteiger partial charge in [-0.1, -0.05) is 30.3 Å². The molecular weight excluding hydrogens is 170 g/mol. The van der Waals surface area contributed by atoms with Crippen LogP contribution in [0, 0.1) is 5.92 Å². The molecule has 1 nitrogen and oxygen atoms in total. The lowest BCUT2D eigenvalue weighted by Gasteiger charge is -2.26. The van der Waals surface area contributed by atoms with Gasteiger partial charge in [-0.15, -0.1) is 0 Å². The van der Waals surface area contributed by atoms with E-state index in [9.17, 15) is 0 Å². The molecule has 0 amide bonds. The number of rotatable bonds is 2. The number of nitrogens with zero attached hydrogens (tertiary/aromatic N) is 1. The molecule has 1 aromatic rings. The van der Waals surface area contributed by atoms with Crippen molar-refractivity contribution in [2.24, 2.45) is 5.92 Å². The van der Waals surface area contributed by atoms with E-state index >= 15 is 0 Å². The van der Waals surface area contributed by atoms with Gasteiger partial charge in [0.25, 0.3) is 0 Å². The van der Waals surface area contributed by atoms with E-state index in [1.165, 1.54) is 37.9 Å². The van der Waals surface area contributed by atoms with Crippen LogP contribution in [0.5, 0.6) is 0 Å². The molecule has 2 aliphatic rings. The third kappa shape index (κ3) is 1.46. The molecule has 1 saturated heterocycles. The van der Waals surface area contributed by atoms with Crippen molar-refractivity contribution in [3.63, 3.8) is 0 Å². The summed E-state index contributed by atoms with van der Waals surface area (Å²) in [6.07, 6.45) is 4.39. The number of hydrogen-bond acceptors (Lipinski definition) is 1. The third-order valence-electron chi connectivity index (χ3n) is 3.75. The average molecular weight is 187 g/mol. The lowest BCUT2D eigenvalue weighted by molar-refractivity contribution is 0.205. The van der Waals surface area contributed by atoms with Crippen LogP contribution in [0.25, 0.3) is 0 Å². The van der Waals surface area contributed by atoms with Crippen LogP contribution in [0.2, 0.25) is 0 Å². The second-order valence-corrected chi connectivity index (χ2v) is 4.75. The van der Waals surface area contributed by atoms with Gasteiger partial charge in [0.2, 0.25) is 0 Å². The van der Waals surface area contributed by atoms with E-state index in [1.807, 2.05) is 0 Å². The second kappa shape index (κ2) is 3.39. The van der Waals surface area contributed by atoms with Gasteiger partial charge in [-0.3, -0.25) is 4.90 Å². The van der Waals surface area contributed by atoms with Gasteiger partial charge in [-0.2, -0.15) is 0 Å². The fourth-order valence-corrected chi connectivity index (χ4v) is 3.04. The highest BCUT2D eigenvalue weighted by molar-refractivity contribution is 5.15. The summed E-state index contributed by atoms with van der Waals surface area (Å²) in [5.74, 6) is 1.02. The first-order valence-corrected chi connectivity index (χ1v) is 5.70. The minimum Gasteiger partial charge on any atom is -0.296 e. The summed E-state index contributed by atoms with van der Waals surface area (Å²) in [6.45, 7) is 2.52. The molecule has 0 radical (unpaired) electrons. The van der Waals surface area contributed by atoms with Crippen molar-refractivity contribution in [1.82, 2.24) is 4.90 Å². The van der Waals surface area contributed by atoms with Crippen LogP contribution >= 0.6 is 0 Å². The first-order chi connectivity index (χ1) is 6.92. The van der Waals surface area contributed by atoms with Crippen LogP contribution in [0.4, 0.5) is 0 Å². The van der Waals surface area contributed by atoms with Gasteiger partial charge in [0, 0.05) is 19.1 Å². The fraction of sp³-hybridized carbons (Fsp3) is 0.538. The van der Waals surface area contributed by atoms with E-state index in [-0.39, 0.29) is 0 Å². The molecule has 1 aliphatic carbocycles. The van der Waals surface area contributed by atoms with Crippen molar-refractivity contribution in [3.8, 4) is 0 Å². The summed E-state index contributed by atoms with van der Waals surface area (Å²) >= 11 is 0. The van der Waals surface area contributed by atoms with Crippen molar-refractivity contribution in [3.05, 3.63) is 35.9 Å². The summed E-state index contributed by atoms with van der Waals surface area (Å²) < 4.78 is 0. The largest absolute Gasteiger partial charge is 0.296 e. The summed E-state index contributed by atoms with van der Waals surface area (Å²) in [5, 5.41) is 0. The summed E-state index contributed by atoms with van der Waals surface area (Å²) in [5.41, 5.74) is 1.47. The lowest BCUT2D eigenvalue weighted by Crippen LogP contribution is -2.31. The van der Waals surface area contributed by atoms with Gasteiger partial charge in [0.1, 0.15) is 0 Å². The highest BCUT2D eigenvalue weighted by atomic mass is 15.2. The molecule has 1 aromatic carbocycles. The number of fused-ring (bicyclic) bond motifs is 2. The van der Waals surface area contributed by atoms with Crippen molar-refractivity contribution in [2.45, 2.75) is 31.8 Å². The van der Waals surface area contributed by atoms with Crippen LogP contribution in [-0.2, 0) is 6.54 Å². The Kier molecular flexibility index (Phi) is 2.06. The molecule has 3 rings (SSSR count). The molecule has 2 atom stereocenters. The van der Waals surface area contributed by atoms with Gasteiger partial charge in [0.15, 0.2) is 0 Å². The number of likely N-dealkylation sites (tertiary alicyclic amines) is 1. The smallest absolute Gasteiger partial charge is 0.0236 e. The number of benzene rings is 1. The van der Waals surface area contributed by atoms with Crippen LogP contribution in [0.15, 0.2) is 30.3 Å². The maximum Gasteiger partial charge on any atom is 0.0236 e. The molecule has 74 valence electrons. The van der Waals surface area contributed by atoms with Crippen molar-refractivity contribution >= 4 is 0 Å². The quantitative estimate of drug-likeness (QED) is 0.688. The Hall–Kier alpha value is -0.820. The minimum atomic E-state index is 0.903. The normalized spacial score (nSPS) is 31.1. The van der Waals surface area contributed by atoms with Crippen LogP contribution in [0.1, 0.15) is 24.8 Å². The molecule has 0 spiro atoms. The minimum absolute atomic E-state index is 0.903. The Morgan fingerprint density at radius 3 is 2.64 bits per heavy atom. The van der Waals surface area contributed by atoms with Crippen LogP contribution in [0.3, 0.4) is 0 Å². The van der Waals surface area contributed by atoms with E-state index in [0.717, 1.165) is 12.0 Å². The highest BCUT2D eigenvalue weighted by Crippen LogP contribution is 2.37. The summed E-state index contributed by atoms with van der Waals surface area (Å²) in [7, 11) is 0. The molecule has 1 aliphatic heterocycles. The maximum atomic E-state index is 2.67. The van der Waals surface area contributed by atoms with Crippen molar-refractivity contribution < 1.29 is 0 Å². The van der Waals surface area contributed by atoms with Gasteiger partial charge in [-0.05, 0) is 30.7 Å². The zero-order chi connectivity index (χ0) is 9.38. The number of piperidine rings is 1. The molecule has 0 unspecified atom stereocenters. The molecule has 2 fully saturated rings. The first-order valence-electron chi connectivity index (χ1n) is 5.70. The number of hydrogen-bond donors (Lipinski definition) is 0. The summed E-state index contributed by atoms with van der Waals surface area (Å²) in [6, 6.07) is 11.8. The second-order valence-electron chi connectivity index (χ2n) is 4.75. The highest BCUT2D eigenvalue weighted by Gasteiger charge is 2.37. The zero-order valence-corrected chi connectivity index (χ0v) is 8.52. The Balaban J connectivity index is 1.69. The molecule has 1 heterocycles. The Labute approximate surface area is 85.7 Å². The predicted molar refractivity (Wildman–Crippen MR) is 58.0 cm³/mol. The Morgan fingerprint density at radius 1 is 1.14 bits per heavy atom. The monoisotopic (exact) mass is 187 g/mol. The standard InChI is InChI=1S/C13H17N/c1-2-4-11(5-3-1)9-14-10-12-6-7-13(14)8-12/h1-5,12-13H,6-10H2/t12-,13+/m0/s1. The molecule has 2 bridgehead atoms. The third-order valence-corrected chi connectivity index (χ3v) is 3.75. The van der Waals surface area contributed by atoms with Crippen molar-refractivity contribution in [2.75, 3.05) is 6.54 Å². The molecule has 1 heteroatoms. The maximum absolute atomic E-state index is 2.67. The molecule has 1 saturated carbocycles. The molecule has 0 N–H and O–H groups in total. The van der Waals surface area contributed by atoms with E-state index in [0.29, 0.717) is 0 Å². The predicted octanol–water partition coefficient (Wildman–Crippen LogP) is 2.67. The lowest BCUT2D eigenvalue weighted by atomic mass is 10.1. The van der Waals surface area contributed by atoms with E-state index in [1.54, 1.807) is 0 Å². The Bertz CT molecular complexity index is 306. The van der Waals surface area contributed by atoms with Gasteiger partial charge in [0.05, 0.1) is 0 Å². The van der Waals surface area contributed by atoms with Gasteiger partial charge in [-0.25, -0.2) is 0 Å². The van der Waals surface area contributed by atoms with Crippen molar-refractivity contribution in [1.29, 1.82) is 0 Å². The topological polar surface area (TPSA) is 3.24 Å². The molecule has 0 aromatic heterocycles. The van der Waals surface area contributed by atoms with E-state index in [4.69, 9.17) is 0 Å². The average Bonchev–Trinajstić information content (AvgIpc) is 2.81.